The van der Waals surface area contributed by atoms with E-state index in [0.29, 0.717) is 19.4 Å². The van der Waals surface area contributed by atoms with E-state index < -0.39 is 10.0 Å². The molecule has 0 saturated heterocycles. The fourth-order valence-electron chi connectivity index (χ4n) is 3.30. The van der Waals surface area contributed by atoms with Crippen LogP contribution in [-0.4, -0.2) is 26.9 Å². The molecule has 1 aliphatic heterocycles. The summed E-state index contributed by atoms with van der Waals surface area (Å²) in [5.41, 5.74) is 2.91. The molecule has 134 valence electrons. The van der Waals surface area contributed by atoms with E-state index in [1.54, 1.807) is 34.4 Å². The van der Waals surface area contributed by atoms with Gasteiger partial charge in [0.2, 0.25) is 15.9 Å². The number of hydrogen-bond acceptors (Lipinski definition) is 4. The minimum absolute atomic E-state index is 0.0219. The molecule has 0 bridgehead atoms. The van der Waals surface area contributed by atoms with Crippen molar-refractivity contribution in [2.24, 2.45) is 0 Å². The molecule has 1 N–H and O–H groups in total. The molecule has 0 radical (unpaired) electrons. The maximum absolute atomic E-state index is 12.6. The Bertz CT molecular complexity index is 903. The van der Waals surface area contributed by atoms with E-state index in [1.165, 1.54) is 17.4 Å². The Balaban J connectivity index is 1.74. The standard InChI is InChI=1S/C18H22N2O3S2/c1-12-7-9-24-18(12)6-8-19-25(22,23)16-4-5-17-15(11-16)10-13(2)20(17)14(3)21/h4-5,7,9,11,13,19H,6,8,10H2,1-3H3/t13-/m0/s1. The van der Waals surface area contributed by atoms with Crippen LogP contribution in [0.15, 0.2) is 34.5 Å². The first-order valence-electron chi connectivity index (χ1n) is 8.25. The van der Waals surface area contributed by atoms with Crippen LogP contribution in [0.25, 0.3) is 0 Å². The van der Waals surface area contributed by atoms with Crippen LogP contribution in [0.5, 0.6) is 0 Å². The normalized spacial score (nSPS) is 16.9. The van der Waals surface area contributed by atoms with Crippen molar-refractivity contribution in [3.05, 3.63) is 45.6 Å². The van der Waals surface area contributed by atoms with Crippen molar-refractivity contribution in [2.45, 2.75) is 44.6 Å². The molecular weight excluding hydrogens is 356 g/mol. The average molecular weight is 379 g/mol. The molecule has 0 fully saturated rings. The molecule has 1 aromatic carbocycles. The first-order valence-corrected chi connectivity index (χ1v) is 10.6. The summed E-state index contributed by atoms with van der Waals surface area (Å²) in [6, 6.07) is 7.09. The maximum Gasteiger partial charge on any atom is 0.240 e. The second-order valence-electron chi connectivity index (χ2n) is 6.41. The molecule has 0 saturated carbocycles. The first kappa shape index (κ1) is 18.1. The highest BCUT2D eigenvalue weighted by Crippen LogP contribution is 2.33. The lowest BCUT2D eigenvalue weighted by molar-refractivity contribution is -0.116. The molecule has 2 aromatic rings. The van der Waals surface area contributed by atoms with Crippen LogP contribution in [0.1, 0.15) is 29.9 Å². The topological polar surface area (TPSA) is 66.5 Å². The Labute approximate surface area is 152 Å². The summed E-state index contributed by atoms with van der Waals surface area (Å²) in [4.78, 5) is 15.0. The zero-order valence-corrected chi connectivity index (χ0v) is 16.2. The third-order valence-electron chi connectivity index (χ3n) is 4.53. The Hall–Kier alpha value is -1.70. The lowest BCUT2D eigenvalue weighted by Crippen LogP contribution is -2.33. The summed E-state index contributed by atoms with van der Waals surface area (Å²) in [5, 5.41) is 2.02. The van der Waals surface area contributed by atoms with Gasteiger partial charge in [0.05, 0.1) is 4.90 Å². The number of carbonyl (C=O) groups excluding carboxylic acids is 1. The number of benzene rings is 1. The third-order valence-corrected chi connectivity index (χ3v) is 7.07. The highest BCUT2D eigenvalue weighted by molar-refractivity contribution is 7.89. The van der Waals surface area contributed by atoms with Gasteiger partial charge in [0, 0.05) is 30.1 Å². The second-order valence-corrected chi connectivity index (χ2v) is 9.17. The van der Waals surface area contributed by atoms with Crippen LogP contribution < -0.4 is 9.62 Å². The lowest BCUT2D eigenvalue weighted by Gasteiger charge is -2.20. The smallest absolute Gasteiger partial charge is 0.240 e. The van der Waals surface area contributed by atoms with E-state index >= 15 is 0 Å². The van der Waals surface area contributed by atoms with Crippen molar-refractivity contribution in [3.63, 3.8) is 0 Å². The number of anilines is 1. The summed E-state index contributed by atoms with van der Waals surface area (Å²) >= 11 is 1.64. The molecule has 3 rings (SSSR count). The number of nitrogens with zero attached hydrogens (tertiary/aromatic N) is 1. The molecule has 0 aliphatic carbocycles. The van der Waals surface area contributed by atoms with E-state index in [9.17, 15) is 13.2 Å². The summed E-state index contributed by atoms with van der Waals surface area (Å²) < 4.78 is 27.8. The van der Waals surface area contributed by atoms with Crippen LogP contribution >= 0.6 is 11.3 Å². The molecule has 7 heteroatoms. The largest absolute Gasteiger partial charge is 0.309 e. The highest BCUT2D eigenvalue weighted by atomic mass is 32.2. The maximum atomic E-state index is 12.6. The average Bonchev–Trinajstić information content (AvgIpc) is 3.08. The molecule has 1 atom stereocenters. The van der Waals surface area contributed by atoms with Crippen LogP contribution in [-0.2, 0) is 27.7 Å². The van der Waals surface area contributed by atoms with E-state index in [4.69, 9.17) is 0 Å². The van der Waals surface area contributed by atoms with E-state index in [-0.39, 0.29) is 16.8 Å². The van der Waals surface area contributed by atoms with Gasteiger partial charge in [0.25, 0.3) is 0 Å². The minimum atomic E-state index is -3.55. The quantitative estimate of drug-likeness (QED) is 0.870. The number of carbonyl (C=O) groups is 1. The van der Waals surface area contributed by atoms with Gasteiger partial charge in [0.15, 0.2) is 0 Å². The number of hydrogen-bond donors (Lipinski definition) is 1. The molecule has 1 aromatic heterocycles. The van der Waals surface area contributed by atoms with Crippen LogP contribution in [0.2, 0.25) is 0 Å². The Morgan fingerprint density at radius 3 is 2.76 bits per heavy atom. The zero-order valence-electron chi connectivity index (χ0n) is 14.6. The van der Waals surface area contributed by atoms with Gasteiger partial charge in [-0.3, -0.25) is 4.79 Å². The number of aryl methyl sites for hydroxylation is 1. The van der Waals surface area contributed by atoms with E-state index in [1.807, 2.05) is 25.3 Å². The van der Waals surface area contributed by atoms with Gasteiger partial charge in [-0.05, 0) is 67.5 Å². The molecule has 0 unspecified atom stereocenters. The van der Waals surface area contributed by atoms with Crippen molar-refractivity contribution in [3.8, 4) is 0 Å². The van der Waals surface area contributed by atoms with Crippen LogP contribution in [0, 0.1) is 6.92 Å². The predicted molar refractivity (Wildman–Crippen MR) is 101 cm³/mol. The van der Waals surface area contributed by atoms with Gasteiger partial charge >= 0.3 is 0 Å². The van der Waals surface area contributed by atoms with Crippen molar-refractivity contribution < 1.29 is 13.2 Å². The number of fused-ring (bicyclic) bond motifs is 1. The first-order chi connectivity index (χ1) is 11.8. The summed E-state index contributed by atoms with van der Waals surface area (Å²) in [6.07, 6.45) is 1.36. The van der Waals surface area contributed by atoms with Gasteiger partial charge in [-0.25, -0.2) is 13.1 Å². The summed E-state index contributed by atoms with van der Waals surface area (Å²) in [6.45, 7) is 5.90. The Kier molecular flexibility index (Phi) is 4.99. The SMILES string of the molecule is CC(=O)N1c2ccc(S(=O)(=O)NCCc3sccc3C)cc2C[C@@H]1C. The second kappa shape index (κ2) is 6.90. The number of nitrogens with one attached hydrogen (secondary N) is 1. The fraction of sp³-hybridized carbons (Fsp3) is 0.389. The van der Waals surface area contributed by atoms with Crippen LogP contribution in [0.3, 0.4) is 0 Å². The highest BCUT2D eigenvalue weighted by Gasteiger charge is 2.30. The van der Waals surface area contributed by atoms with Crippen molar-refractivity contribution >= 4 is 33.0 Å². The van der Waals surface area contributed by atoms with Crippen molar-refractivity contribution in [2.75, 3.05) is 11.4 Å². The van der Waals surface area contributed by atoms with Crippen LogP contribution in [0.4, 0.5) is 5.69 Å². The summed E-state index contributed by atoms with van der Waals surface area (Å²) in [7, 11) is -3.55. The van der Waals surface area contributed by atoms with Gasteiger partial charge in [0.1, 0.15) is 0 Å². The van der Waals surface area contributed by atoms with E-state index in [2.05, 4.69) is 4.72 Å². The molecule has 1 aliphatic rings. The van der Waals surface area contributed by atoms with E-state index in [0.717, 1.165) is 11.3 Å². The lowest BCUT2D eigenvalue weighted by atomic mass is 10.1. The number of sulfonamides is 1. The van der Waals surface area contributed by atoms with Gasteiger partial charge < -0.3 is 4.90 Å². The zero-order chi connectivity index (χ0) is 18.2. The van der Waals surface area contributed by atoms with Gasteiger partial charge in [-0.2, -0.15) is 0 Å². The number of thiophene rings is 1. The Morgan fingerprint density at radius 1 is 1.36 bits per heavy atom. The minimum Gasteiger partial charge on any atom is -0.309 e. The molecular formula is C18H22N2O3S2. The number of amides is 1. The molecule has 0 spiro atoms. The molecule has 2 heterocycles. The molecule has 1 amide bonds. The molecule has 25 heavy (non-hydrogen) atoms. The van der Waals surface area contributed by atoms with Gasteiger partial charge in [-0.15, -0.1) is 11.3 Å². The van der Waals surface area contributed by atoms with Gasteiger partial charge in [-0.1, -0.05) is 0 Å². The van der Waals surface area contributed by atoms with Crippen molar-refractivity contribution in [1.82, 2.24) is 4.72 Å². The number of rotatable bonds is 5. The Morgan fingerprint density at radius 2 is 2.12 bits per heavy atom. The summed E-state index contributed by atoms with van der Waals surface area (Å²) in [5.74, 6) is -0.0219. The third kappa shape index (κ3) is 3.63. The van der Waals surface area contributed by atoms with Crippen molar-refractivity contribution in [1.29, 1.82) is 0 Å². The predicted octanol–water partition coefficient (Wildman–Crippen LogP) is 2.88. The monoisotopic (exact) mass is 378 g/mol. The fourth-order valence-corrected chi connectivity index (χ4v) is 5.29. The molecule has 5 nitrogen and oxygen atoms in total.